The van der Waals surface area contributed by atoms with Crippen molar-refractivity contribution in [2.45, 2.75) is 11.0 Å². The van der Waals surface area contributed by atoms with Gasteiger partial charge in [0.2, 0.25) is 10.0 Å². The van der Waals surface area contributed by atoms with Crippen LogP contribution in [-0.4, -0.2) is 67.8 Å². The van der Waals surface area contributed by atoms with E-state index in [2.05, 4.69) is 0 Å². The molecule has 2 aromatic rings. The summed E-state index contributed by atoms with van der Waals surface area (Å²) in [5.41, 5.74) is 0.786. The van der Waals surface area contributed by atoms with Crippen LogP contribution in [0.3, 0.4) is 0 Å². The van der Waals surface area contributed by atoms with Crippen molar-refractivity contribution >= 4 is 39.0 Å². The van der Waals surface area contributed by atoms with Crippen molar-refractivity contribution in [1.82, 2.24) is 9.21 Å². The number of carbonyl (C=O) groups is 1. The molecule has 1 unspecified atom stereocenters. The van der Waals surface area contributed by atoms with E-state index < -0.39 is 10.0 Å². The molecule has 0 aliphatic carbocycles. The summed E-state index contributed by atoms with van der Waals surface area (Å²) in [6.07, 6.45) is -0.368. The minimum atomic E-state index is -3.69. The van der Waals surface area contributed by atoms with Gasteiger partial charge in [-0.25, -0.2) is 12.8 Å². The third-order valence-electron chi connectivity index (χ3n) is 5.01. The molecule has 6 nitrogen and oxygen atoms in total. The molecule has 1 amide bonds. The van der Waals surface area contributed by atoms with Crippen molar-refractivity contribution in [3.63, 3.8) is 0 Å². The number of rotatable bonds is 4. The Labute approximate surface area is 177 Å². The van der Waals surface area contributed by atoms with Gasteiger partial charge < -0.3 is 9.64 Å². The first kappa shape index (κ1) is 20.8. The molecule has 2 fully saturated rings. The molecule has 2 aliphatic rings. The Morgan fingerprint density at radius 2 is 1.83 bits per heavy atom. The van der Waals surface area contributed by atoms with Crippen molar-refractivity contribution in [2.24, 2.45) is 0 Å². The van der Waals surface area contributed by atoms with Gasteiger partial charge >= 0.3 is 0 Å². The lowest BCUT2D eigenvalue weighted by atomic mass is 10.1. The first-order chi connectivity index (χ1) is 14.0. The van der Waals surface area contributed by atoms with Crippen LogP contribution in [0.1, 0.15) is 21.3 Å². The lowest BCUT2D eigenvalue weighted by molar-refractivity contribution is -0.0228. The highest BCUT2D eigenvalue weighted by molar-refractivity contribution is 7.99. The highest BCUT2D eigenvalue weighted by Gasteiger charge is 2.34. The smallest absolute Gasteiger partial charge is 0.265 e. The second-order valence-corrected chi connectivity index (χ2v) is 10.8. The Kier molecular flexibility index (Phi) is 6.26. The van der Waals surface area contributed by atoms with Crippen LogP contribution in [0.15, 0.2) is 40.6 Å². The van der Waals surface area contributed by atoms with Crippen molar-refractivity contribution in [3.8, 4) is 0 Å². The van der Waals surface area contributed by atoms with Gasteiger partial charge in [-0.3, -0.25) is 4.79 Å². The molecule has 4 rings (SSSR count). The molecule has 0 spiro atoms. The van der Waals surface area contributed by atoms with Gasteiger partial charge in [-0.1, -0.05) is 12.1 Å². The molecule has 29 heavy (non-hydrogen) atoms. The molecule has 2 saturated heterocycles. The van der Waals surface area contributed by atoms with Crippen LogP contribution in [0.4, 0.5) is 4.39 Å². The lowest BCUT2D eigenvalue weighted by Gasteiger charge is -2.33. The summed E-state index contributed by atoms with van der Waals surface area (Å²) in [7, 11) is -3.69. The first-order valence-corrected chi connectivity index (χ1v) is 12.8. The zero-order valence-corrected chi connectivity index (χ0v) is 18.1. The SMILES string of the molecule is O=C(c1sccc1S(=O)(=O)N1CCSCC1)N1CCOC(c2ccc(F)cc2)C1. The lowest BCUT2D eigenvalue weighted by Crippen LogP contribution is -2.43. The van der Waals surface area contributed by atoms with Crippen molar-refractivity contribution < 1.29 is 22.3 Å². The predicted octanol–water partition coefficient (Wildman–Crippen LogP) is 2.84. The quantitative estimate of drug-likeness (QED) is 0.708. The normalized spacial score (nSPS) is 21.3. The van der Waals surface area contributed by atoms with Gasteiger partial charge in [-0.15, -0.1) is 11.3 Å². The van der Waals surface area contributed by atoms with Crippen LogP contribution in [-0.2, 0) is 14.8 Å². The number of thioether (sulfide) groups is 1. The second kappa shape index (κ2) is 8.73. The molecule has 156 valence electrons. The summed E-state index contributed by atoms with van der Waals surface area (Å²) in [5, 5.41) is 1.65. The van der Waals surface area contributed by atoms with Gasteiger partial charge in [-0.05, 0) is 29.1 Å². The summed E-state index contributed by atoms with van der Waals surface area (Å²) in [5.74, 6) is 0.882. The molecule has 0 bridgehead atoms. The van der Waals surface area contributed by atoms with E-state index in [1.54, 1.807) is 34.2 Å². The average Bonchev–Trinajstić information content (AvgIpc) is 3.25. The van der Waals surface area contributed by atoms with Crippen LogP contribution in [0, 0.1) is 5.82 Å². The fourth-order valence-corrected chi connectivity index (χ4v) is 7.38. The Balaban J connectivity index is 1.54. The van der Waals surface area contributed by atoms with Gasteiger partial charge in [0.1, 0.15) is 21.7 Å². The summed E-state index contributed by atoms with van der Waals surface area (Å²) < 4.78 is 46.5. The van der Waals surface area contributed by atoms with Gasteiger partial charge in [-0.2, -0.15) is 16.1 Å². The monoisotopic (exact) mass is 456 g/mol. The molecule has 1 atom stereocenters. The van der Waals surface area contributed by atoms with E-state index in [0.717, 1.165) is 28.4 Å². The van der Waals surface area contributed by atoms with Crippen LogP contribution >= 0.6 is 23.1 Å². The molecule has 1 aromatic heterocycles. The maximum atomic E-state index is 13.2. The number of carbonyl (C=O) groups excluding carboxylic acids is 1. The number of amides is 1. The highest BCUT2D eigenvalue weighted by Crippen LogP contribution is 2.30. The van der Waals surface area contributed by atoms with Crippen LogP contribution in [0.25, 0.3) is 0 Å². The van der Waals surface area contributed by atoms with Gasteiger partial charge in [0, 0.05) is 31.1 Å². The molecule has 1 aromatic carbocycles. The largest absolute Gasteiger partial charge is 0.370 e. The number of morpholine rings is 1. The molecule has 10 heteroatoms. The Morgan fingerprint density at radius 1 is 1.10 bits per heavy atom. The minimum absolute atomic E-state index is 0.0872. The van der Waals surface area contributed by atoms with Crippen molar-refractivity contribution in [2.75, 3.05) is 44.3 Å². The summed E-state index contributed by atoms with van der Waals surface area (Å²) >= 11 is 2.88. The Bertz CT molecular complexity index is 972. The predicted molar refractivity (Wildman–Crippen MR) is 111 cm³/mol. The number of hydrogen-bond donors (Lipinski definition) is 0. The number of halogens is 1. The van der Waals surface area contributed by atoms with Gasteiger partial charge in [0.25, 0.3) is 5.91 Å². The van der Waals surface area contributed by atoms with E-state index in [1.807, 2.05) is 0 Å². The van der Waals surface area contributed by atoms with Crippen molar-refractivity contribution in [1.29, 1.82) is 0 Å². The zero-order valence-electron chi connectivity index (χ0n) is 15.6. The first-order valence-electron chi connectivity index (χ1n) is 9.28. The van der Waals surface area contributed by atoms with E-state index in [4.69, 9.17) is 4.74 Å². The number of sulfonamides is 1. The van der Waals surface area contributed by atoms with Crippen molar-refractivity contribution in [3.05, 3.63) is 52.0 Å². The fourth-order valence-electron chi connectivity index (χ4n) is 3.44. The maximum Gasteiger partial charge on any atom is 0.265 e. The van der Waals surface area contributed by atoms with Gasteiger partial charge in [0.05, 0.1) is 13.2 Å². The molecular weight excluding hydrogens is 435 g/mol. The van der Waals surface area contributed by atoms with Crippen LogP contribution in [0.2, 0.25) is 0 Å². The van der Waals surface area contributed by atoms with E-state index in [0.29, 0.717) is 32.8 Å². The summed E-state index contributed by atoms with van der Waals surface area (Å²) in [6.45, 7) is 1.93. The maximum absolute atomic E-state index is 13.2. The Hall–Kier alpha value is -1.46. The van der Waals surface area contributed by atoms with E-state index >= 15 is 0 Å². The molecular formula is C19H21FN2O4S3. The molecule has 0 saturated carbocycles. The topological polar surface area (TPSA) is 66.9 Å². The average molecular weight is 457 g/mol. The Morgan fingerprint density at radius 3 is 2.55 bits per heavy atom. The third kappa shape index (κ3) is 4.36. The number of ether oxygens (including phenoxy) is 1. The van der Waals surface area contributed by atoms with E-state index in [1.165, 1.54) is 22.5 Å². The van der Waals surface area contributed by atoms with Gasteiger partial charge in [0.15, 0.2) is 0 Å². The number of nitrogens with zero attached hydrogens (tertiary/aromatic N) is 2. The fraction of sp³-hybridized carbons (Fsp3) is 0.421. The van der Waals surface area contributed by atoms with E-state index in [9.17, 15) is 17.6 Å². The molecule has 0 N–H and O–H groups in total. The highest BCUT2D eigenvalue weighted by atomic mass is 32.2. The molecule has 2 aliphatic heterocycles. The number of benzene rings is 1. The minimum Gasteiger partial charge on any atom is -0.370 e. The molecule has 0 radical (unpaired) electrons. The zero-order chi connectivity index (χ0) is 20.4. The van der Waals surface area contributed by atoms with Crippen LogP contribution in [0.5, 0.6) is 0 Å². The van der Waals surface area contributed by atoms with E-state index in [-0.39, 0.29) is 27.6 Å². The summed E-state index contributed by atoms with van der Waals surface area (Å²) in [4.78, 5) is 15.1. The third-order valence-corrected chi connectivity index (χ3v) is 8.92. The number of hydrogen-bond acceptors (Lipinski definition) is 6. The standard InChI is InChI=1S/C19H21FN2O4S3/c20-15-3-1-14(2-4-15)16-13-21(6-9-26-16)19(23)18-17(5-10-28-18)29(24,25)22-7-11-27-12-8-22/h1-5,10,16H,6-9,11-13H2. The van der Waals surface area contributed by atoms with Crippen LogP contribution < -0.4 is 0 Å². The summed E-state index contributed by atoms with van der Waals surface area (Å²) in [6, 6.07) is 7.53. The number of thiophene rings is 1. The molecule has 3 heterocycles. The second-order valence-electron chi connectivity index (χ2n) is 6.79.